The van der Waals surface area contributed by atoms with Crippen molar-refractivity contribution in [3.8, 4) is 0 Å². The van der Waals surface area contributed by atoms with Gasteiger partial charge in [0.2, 0.25) is 0 Å². The molecule has 0 bridgehead atoms. The van der Waals surface area contributed by atoms with Gasteiger partial charge in [-0.1, -0.05) is 0 Å². The zero-order valence-electron chi connectivity index (χ0n) is 8.16. The van der Waals surface area contributed by atoms with E-state index in [0.29, 0.717) is 13.2 Å². The lowest BCUT2D eigenvalue weighted by Gasteiger charge is -2.27. The summed E-state index contributed by atoms with van der Waals surface area (Å²) < 4.78 is 21.7. The molecule has 0 saturated carbocycles. The van der Waals surface area contributed by atoms with Gasteiger partial charge in [0.1, 0.15) is 0 Å². The number of hydrogen-bond acceptors (Lipinski definition) is 3. The van der Waals surface area contributed by atoms with E-state index in [2.05, 4.69) is 0 Å². The Hall–Kier alpha value is 0.237. The summed E-state index contributed by atoms with van der Waals surface area (Å²) in [4.78, 5) is 0. The van der Waals surface area contributed by atoms with Gasteiger partial charge in [-0.3, -0.25) is 4.57 Å². The summed E-state index contributed by atoms with van der Waals surface area (Å²) in [6.45, 7) is 8.96. The minimum absolute atomic E-state index is 0.00241. The van der Waals surface area contributed by atoms with Gasteiger partial charge >= 0.3 is 8.56 Å². The molecule has 0 saturated heterocycles. The second-order valence-corrected chi connectivity index (χ2v) is 7.61. The second kappa shape index (κ2) is 5.81. The fraction of sp³-hybridized carbons (Fsp3) is 1.00. The molecule has 12 heavy (non-hydrogen) atoms. The van der Waals surface area contributed by atoms with Crippen LogP contribution in [0, 0.1) is 0 Å². The van der Waals surface area contributed by atoms with Gasteiger partial charge in [0, 0.05) is 13.2 Å². The van der Waals surface area contributed by atoms with Crippen LogP contribution in [-0.4, -0.2) is 27.1 Å². The van der Waals surface area contributed by atoms with Crippen molar-refractivity contribution in [2.75, 3.05) is 13.2 Å². The van der Waals surface area contributed by atoms with Gasteiger partial charge in [0.25, 0.3) is 0 Å². The van der Waals surface area contributed by atoms with Gasteiger partial charge in [-0.15, -0.1) is 0 Å². The zero-order chi connectivity index (χ0) is 9.61. The van der Waals surface area contributed by atoms with E-state index in [9.17, 15) is 4.57 Å². The van der Waals surface area contributed by atoms with Crippen LogP contribution in [0.2, 0.25) is 6.55 Å². The van der Waals surface area contributed by atoms with E-state index in [1.54, 1.807) is 0 Å². The van der Waals surface area contributed by atoms with Gasteiger partial charge < -0.3 is 8.85 Å². The first-order valence-electron chi connectivity index (χ1n) is 4.21. The molecule has 0 radical (unpaired) electrons. The molecule has 0 amide bonds. The van der Waals surface area contributed by atoms with Crippen LogP contribution >= 0.6 is 8.46 Å². The first-order valence-corrected chi connectivity index (χ1v) is 7.48. The molecule has 0 aromatic carbocycles. The highest BCUT2D eigenvalue weighted by Crippen LogP contribution is 2.22. The zero-order valence-corrected chi connectivity index (χ0v) is 10.1. The molecule has 0 aliphatic carbocycles. The van der Waals surface area contributed by atoms with Gasteiger partial charge in [-0.05, 0) is 27.3 Å². The molecule has 0 N–H and O–H groups in total. The van der Waals surface area contributed by atoms with Crippen LogP contribution in [-0.2, 0) is 13.4 Å². The van der Waals surface area contributed by atoms with Crippen molar-refractivity contribution in [2.45, 2.75) is 32.6 Å². The maximum atomic E-state index is 10.7. The maximum absolute atomic E-state index is 10.7. The van der Waals surface area contributed by atoms with Crippen LogP contribution in [0.4, 0.5) is 0 Å². The lowest BCUT2D eigenvalue weighted by Crippen LogP contribution is -2.47. The predicted octanol–water partition coefficient (Wildman–Crippen LogP) is 2.35. The minimum Gasteiger partial charge on any atom is -0.394 e. The Bertz CT molecular complexity index is 137. The Morgan fingerprint density at radius 2 is 1.75 bits per heavy atom. The monoisotopic (exact) mass is 208 g/mol. The highest BCUT2D eigenvalue weighted by molar-refractivity contribution is 7.30. The molecule has 1 atom stereocenters. The maximum Gasteiger partial charge on any atom is 0.349 e. The Morgan fingerprint density at radius 3 is 2.00 bits per heavy atom. The first kappa shape index (κ1) is 12.2. The van der Waals surface area contributed by atoms with E-state index in [0.717, 1.165) is 0 Å². The van der Waals surface area contributed by atoms with Gasteiger partial charge in [-0.2, -0.15) is 0 Å². The van der Waals surface area contributed by atoms with Gasteiger partial charge in [0.05, 0.1) is 5.28 Å². The summed E-state index contributed by atoms with van der Waals surface area (Å²) in [5.74, 6) is 0. The number of hydrogen-bond donors (Lipinski definition) is 0. The molecule has 72 valence electrons. The Morgan fingerprint density at radius 1 is 1.33 bits per heavy atom. The van der Waals surface area contributed by atoms with Crippen molar-refractivity contribution in [3.63, 3.8) is 0 Å². The van der Waals surface area contributed by atoms with Crippen LogP contribution in [0.25, 0.3) is 0 Å². The van der Waals surface area contributed by atoms with E-state index in [-0.39, 0.29) is 13.7 Å². The van der Waals surface area contributed by atoms with Crippen molar-refractivity contribution < 1.29 is 13.4 Å². The normalized spacial score (nSPS) is 15.0. The van der Waals surface area contributed by atoms with E-state index in [4.69, 9.17) is 8.85 Å². The summed E-state index contributed by atoms with van der Waals surface area (Å²) in [6, 6.07) is 0. The molecule has 0 heterocycles. The topological polar surface area (TPSA) is 35.5 Å². The van der Waals surface area contributed by atoms with Crippen molar-refractivity contribution in [1.29, 1.82) is 0 Å². The molecule has 5 heteroatoms. The lowest BCUT2D eigenvalue weighted by atomic mass is 10.9. The van der Waals surface area contributed by atoms with Crippen LogP contribution in [0.1, 0.15) is 20.8 Å². The van der Waals surface area contributed by atoms with Crippen LogP contribution in [0.3, 0.4) is 0 Å². The molecular weight excluding hydrogens is 191 g/mol. The van der Waals surface area contributed by atoms with Gasteiger partial charge in [0.15, 0.2) is 8.46 Å². The van der Waals surface area contributed by atoms with Crippen molar-refractivity contribution >= 4 is 17.0 Å². The molecule has 0 aliphatic heterocycles. The summed E-state index contributed by atoms with van der Waals surface area (Å²) >= 11 is 0. The molecule has 0 aromatic heterocycles. The lowest BCUT2D eigenvalue weighted by molar-refractivity contribution is 0.188. The Kier molecular flexibility index (Phi) is 5.92. The van der Waals surface area contributed by atoms with Crippen molar-refractivity contribution in [2.24, 2.45) is 0 Å². The van der Waals surface area contributed by atoms with Gasteiger partial charge in [-0.25, -0.2) is 0 Å². The standard InChI is InChI=1S/C7H17O3PSi/c1-5-9-12(4,10-6-2)7(3)11-8/h7H,5-6H2,1-4H3. The third-order valence-electron chi connectivity index (χ3n) is 1.78. The van der Waals surface area contributed by atoms with E-state index < -0.39 is 8.56 Å². The van der Waals surface area contributed by atoms with E-state index in [1.807, 2.05) is 27.3 Å². The molecule has 1 unspecified atom stereocenters. The first-order chi connectivity index (χ1) is 5.60. The van der Waals surface area contributed by atoms with Crippen LogP contribution < -0.4 is 0 Å². The summed E-state index contributed by atoms with van der Waals surface area (Å²) in [5, 5.41) is -0.00241. The fourth-order valence-corrected chi connectivity index (χ4v) is 3.88. The quantitative estimate of drug-likeness (QED) is 0.496. The SMILES string of the molecule is CCO[Si](C)(OCC)C(C)P=O. The second-order valence-electron chi connectivity index (χ2n) is 2.66. The third-order valence-corrected chi connectivity index (χ3v) is 7.06. The van der Waals surface area contributed by atoms with Crippen molar-refractivity contribution in [3.05, 3.63) is 0 Å². The van der Waals surface area contributed by atoms with Crippen molar-refractivity contribution in [1.82, 2.24) is 0 Å². The molecule has 0 rings (SSSR count). The largest absolute Gasteiger partial charge is 0.394 e. The van der Waals surface area contributed by atoms with E-state index >= 15 is 0 Å². The highest BCUT2D eigenvalue weighted by Gasteiger charge is 2.38. The van der Waals surface area contributed by atoms with Crippen LogP contribution in [0.15, 0.2) is 0 Å². The molecule has 0 fully saturated rings. The molecular formula is C7H17O3PSi. The summed E-state index contributed by atoms with van der Waals surface area (Å²) in [5.41, 5.74) is 0. The van der Waals surface area contributed by atoms with Crippen LogP contribution in [0.5, 0.6) is 0 Å². The molecule has 0 aliphatic rings. The summed E-state index contributed by atoms with van der Waals surface area (Å²) in [6.07, 6.45) is 0. The smallest absolute Gasteiger partial charge is 0.349 e. The molecule has 3 nitrogen and oxygen atoms in total. The average Bonchev–Trinajstić information content (AvgIpc) is 2.04. The average molecular weight is 208 g/mol. The molecule has 0 spiro atoms. The fourth-order valence-electron chi connectivity index (χ4n) is 0.952. The Labute approximate surface area is 76.9 Å². The Balaban J connectivity index is 4.25. The molecule has 0 aromatic rings. The van der Waals surface area contributed by atoms with E-state index in [1.165, 1.54) is 0 Å². The third kappa shape index (κ3) is 3.31. The number of rotatable bonds is 6. The minimum atomic E-state index is -2.18. The predicted molar refractivity (Wildman–Crippen MR) is 51.9 cm³/mol. The summed E-state index contributed by atoms with van der Waals surface area (Å²) in [7, 11) is -2.06. The highest BCUT2D eigenvalue weighted by atomic mass is 31.1.